The first-order valence-electron chi connectivity index (χ1n) is 9.42. The normalized spacial score (nSPS) is 16.5. The highest BCUT2D eigenvalue weighted by atomic mass is 16.5. The lowest BCUT2D eigenvalue weighted by Crippen LogP contribution is -2.49. The summed E-state index contributed by atoms with van der Waals surface area (Å²) in [5.74, 6) is 2.03. The lowest BCUT2D eigenvalue weighted by molar-refractivity contribution is -0.142. The van der Waals surface area contributed by atoms with Crippen LogP contribution in [0.15, 0.2) is 42.5 Å². The van der Waals surface area contributed by atoms with E-state index in [-0.39, 0.29) is 18.6 Å². The second kappa shape index (κ2) is 9.46. The SMILES string of the molecule is COc1ccccc1OCC1CN(C(=O)COc2cccc(C)c2C)CCO1. The Kier molecular flexibility index (Phi) is 6.76. The van der Waals surface area contributed by atoms with Crippen molar-refractivity contribution in [2.45, 2.75) is 20.0 Å². The highest BCUT2D eigenvalue weighted by molar-refractivity contribution is 5.78. The number of amides is 1. The van der Waals surface area contributed by atoms with Gasteiger partial charge in [-0.3, -0.25) is 4.79 Å². The van der Waals surface area contributed by atoms with Crippen LogP contribution in [0.2, 0.25) is 0 Å². The molecular formula is C22H27NO5. The number of methoxy groups -OCH3 is 1. The summed E-state index contributed by atoms with van der Waals surface area (Å²) in [6, 6.07) is 13.3. The zero-order valence-corrected chi connectivity index (χ0v) is 16.6. The average molecular weight is 385 g/mol. The van der Waals surface area contributed by atoms with Gasteiger partial charge in [0.15, 0.2) is 18.1 Å². The molecule has 0 spiro atoms. The van der Waals surface area contributed by atoms with Gasteiger partial charge < -0.3 is 23.8 Å². The number of benzene rings is 2. The molecule has 1 heterocycles. The Morgan fingerprint density at radius 1 is 1.07 bits per heavy atom. The molecule has 0 aromatic heterocycles. The van der Waals surface area contributed by atoms with Crippen LogP contribution in [0.1, 0.15) is 11.1 Å². The molecule has 3 rings (SSSR count). The van der Waals surface area contributed by atoms with Gasteiger partial charge in [-0.25, -0.2) is 0 Å². The largest absolute Gasteiger partial charge is 0.493 e. The number of carbonyl (C=O) groups is 1. The van der Waals surface area contributed by atoms with E-state index in [1.54, 1.807) is 12.0 Å². The van der Waals surface area contributed by atoms with Gasteiger partial charge in [0.1, 0.15) is 18.5 Å². The summed E-state index contributed by atoms with van der Waals surface area (Å²) >= 11 is 0. The first-order valence-corrected chi connectivity index (χ1v) is 9.42. The molecule has 1 amide bonds. The van der Waals surface area contributed by atoms with E-state index in [0.29, 0.717) is 37.8 Å². The molecule has 1 unspecified atom stereocenters. The topological polar surface area (TPSA) is 57.2 Å². The summed E-state index contributed by atoms with van der Waals surface area (Å²) in [5.41, 5.74) is 2.20. The zero-order chi connectivity index (χ0) is 19.9. The molecule has 1 aliphatic heterocycles. The van der Waals surface area contributed by atoms with Gasteiger partial charge in [-0.15, -0.1) is 0 Å². The van der Waals surface area contributed by atoms with Gasteiger partial charge in [0.25, 0.3) is 5.91 Å². The van der Waals surface area contributed by atoms with Crippen LogP contribution in [-0.4, -0.2) is 56.9 Å². The summed E-state index contributed by atoms with van der Waals surface area (Å²) in [7, 11) is 1.61. The number of rotatable bonds is 7. The highest BCUT2D eigenvalue weighted by Gasteiger charge is 2.25. The smallest absolute Gasteiger partial charge is 0.260 e. The zero-order valence-electron chi connectivity index (χ0n) is 16.6. The van der Waals surface area contributed by atoms with Gasteiger partial charge >= 0.3 is 0 Å². The third-order valence-corrected chi connectivity index (χ3v) is 4.89. The first kappa shape index (κ1) is 20.0. The van der Waals surface area contributed by atoms with Crippen LogP contribution in [0.5, 0.6) is 17.2 Å². The molecule has 1 aliphatic rings. The van der Waals surface area contributed by atoms with Crippen molar-refractivity contribution < 1.29 is 23.7 Å². The van der Waals surface area contributed by atoms with Crippen molar-refractivity contribution in [1.82, 2.24) is 4.90 Å². The van der Waals surface area contributed by atoms with E-state index in [0.717, 1.165) is 16.9 Å². The molecule has 6 heteroatoms. The van der Waals surface area contributed by atoms with Crippen molar-refractivity contribution in [2.24, 2.45) is 0 Å². The maximum absolute atomic E-state index is 12.6. The number of hydrogen-bond donors (Lipinski definition) is 0. The number of aryl methyl sites for hydroxylation is 1. The second-order valence-corrected chi connectivity index (χ2v) is 6.78. The fourth-order valence-corrected chi connectivity index (χ4v) is 3.08. The Labute approximate surface area is 166 Å². The van der Waals surface area contributed by atoms with Crippen molar-refractivity contribution in [2.75, 3.05) is 40.0 Å². The molecule has 150 valence electrons. The van der Waals surface area contributed by atoms with Gasteiger partial charge in [-0.05, 0) is 43.2 Å². The lowest BCUT2D eigenvalue weighted by Gasteiger charge is -2.33. The monoisotopic (exact) mass is 385 g/mol. The van der Waals surface area contributed by atoms with Crippen molar-refractivity contribution in [3.8, 4) is 17.2 Å². The van der Waals surface area contributed by atoms with Crippen molar-refractivity contribution in [3.63, 3.8) is 0 Å². The number of para-hydroxylation sites is 2. The Balaban J connectivity index is 1.51. The number of ether oxygens (including phenoxy) is 4. The van der Waals surface area contributed by atoms with E-state index in [1.807, 2.05) is 56.3 Å². The van der Waals surface area contributed by atoms with Crippen LogP contribution in [0.25, 0.3) is 0 Å². The number of nitrogens with zero attached hydrogens (tertiary/aromatic N) is 1. The summed E-state index contributed by atoms with van der Waals surface area (Å²) in [4.78, 5) is 14.3. The molecular weight excluding hydrogens is 358 g/mol. The lowest BCUT2D eigenvalue weighted by atomic mass is 10.1. The van der Waals surface area contributed by atoms with Crippen LogP contribution < -0.4 is 14.2 Å². The van der Waals surface area contributed by atoms with E-state index in [4.69, 9.17) is 18.9 Å². The highest BCUT2D eigenvalue weighted by Crippen LogP contribution is 2.26. The Morgan fingerprint density at radius 2 is 1.82 bits per heavy atom. The molecule has 0 radical (unpaired) electrons. The summed E-state index contributed by atoms with van der Waals surface area (Å²) in [6.45, 7) is 5.90. The fourth-order valence-electron chi connectivity index (χ4n) is 3.08. The summed E-state index contributed by atoms with van der Waals surface area (Å²) in [6.07, 6.45) is -0.191. The summed E-state index contributed by atoms with van der Waals surface area (Å²) < 4.78 is 22.6. The average Bonchev–Trinajstić information content (AvgIpc) is 2.73. The Morgan fingerprint density at radius 3 is 2.61 bits per heavy atom. The molecule has 1 saturated heterocycles. The van der Waals surface area contributed by atoms with E-state index >= 15 is 0 Å². The third kappa shape index (κ3) is 4.95. The van der Waals surface area contributed by atoms with Gasteiger partial charge in [0.05, 0.1) is 20.3 Å². The first-order chi connectivity index (χ1) is 13.6. The molecule has 2 aromatic rings. The van der Waals surface area contributed by atoms with E-state index in [1.165, 1.54) is 0 Å². The predicted molar refractivity (Wildman–Crippen MR) is 106 cm³/mol. The molecule has 6 nitrogen and oxygen atoms in total. The second-order valence-electron chi connectivity index (χ2n) is 6.78. The summed E-state index contributed by atoms with van der Waals surface area (Å²) in [5, 5.41) is 0. The number of morpholine rings is 1. The van der Waals surface area contributed by atoms with Crippen LogP contribution in [0.3, 0.4) is 0 Å². The molecule has 0 N–H and O–H groups in total. The minimum Gasteiger partial charge on any atom is -0.493 e. The van der Waals surface area contributed by atoms with Gasteiger partial charge in [0.2, 0.25) is 0 Å². The molecule has 0 aliphatic carbocycles. The van der Waals surface area contributed by atoms with Crippen molar-refractivity contribution >= 4 is 5.91 Å². The third-order valence-electron chi connectivity index (χ3n) is 4.89. The van der Waals surface area contributed by atoms with Gasteiger partial charge in [-0.2, -0.15) is 0 Å². The van der Waals surface area contributed by atoms with Crippen LogP contribution in [0.4, 0.5) is 0 Å². The minimum atomic E-state index is -0.191. The van der Waals surface area contributed by atoms with Crippen LogP contribution in [-0.2, 0) is 9.53 Å². The quantitative estimate of drug-likeness (QED) is 0.733. The number of hydrogen-bond acceptors (Lipinski definition) is 5. The maximum atomic E-state index is 12.6. The molecule has 2 aromatic carbocycles. The molecule has 1 fully saturated rings. The van der Waals surface area contributed by atoms with E-state index in [2.05, 4.69) is 0 Å². The molecule has 28 heavy (non-hydrogen) atoms. The van der Waals surface area contributed by atoms with E-state index < -0.39 is 0 Å². The van der Waals surface area contributed by atoms with Crippen LogP contribution in [0, 0.1) is 13.8 Å². The van der Waals surface area contributed by atoms with Gasteiger partial charge in [0, 0.05) is 6.54 Å². The van der Waals surface area contributed by atoms with Crippen molar-refractivity contribution in [1.29, 1.82) is 0 Å². The fraction of sp³-hybridized carbons (Fsp3) is 0.409. The standard InChI is InChI=1S/C22H27NO5/c1-16-7-6-10-19(17(16)2)28-15-22(24)23-11-12-26-18(13-23)14-27-21-9-5-4-8-20(21)25-3/h4-10,18H,11-15H2,1-3H3. The van der Waals surface area contributed by atoms with Crippen molar-refractivity contribution in [3.05, 3.63) is 53.6 Å². The molecule has 1 atom stereocenters. The predicted octanol–water partition coefficient (Wildman–Crippen LogP) is 3.00. The minimum absolute atomic E-state index is 0.0182. The Hall–Kier alpha value is -2.73. The number of carbonyl (C=O) groups excluding carboxylic acids is 1. The van der Waals surface area contributed by atoms with Gasteiger partial charge in [-0.1, -0.05) is 24.3 Å². The Bertz CT molecular complexity index is 807. The molecule has 0 bridgehead atoms. The maximum Gasteiger partial charge on any atom is 0.260 e. The molecule has 0 saturated carbocycles. The van der Waals surface area contributed by atoms with E-state index in [9.17, 15) is 4.79 Å². The van der Waals surface area contributed by atoms with Crippen LogP contribution >= 0.6 is 0 Å².